The fraction of sp³-hybridized carbons (Fsp3) is 0.348. The number of anilines is 1. The molecular formula is C23H26Cl2N4O. The van der Waals surface area contributed by atoms with Crippen molar-refractivity contribution >= 4 is 45.7 Å². The van der Waals surface area contributed by atoms with Crippen LogP contribution in [0, 0.1) is 0 Å². The summed E-state index contributed by atoms with van der Waals surface area (Å²) in [5.74, 6) is -0.00915. The number of H-pyrrole nitrogens is 1. The van der Waals surface area contributed by atoms with Gasteiger partial charge in [0.2, 0.25) is 0 Å². The number of hydrogen-bond donors (Lipinski definition) is 2. The second-order valence-corrected chi connectivity index (χ2v) is 8.43. The Bertz CT molecular complexity index is 1010. The number of fused-ring (bicyclic) bond motifs is 1. The Morgan fingerprint density at radius 3 is 2.70 bits per heavy atom. The summed E-state index contributed by atoms with van der Waals surface area (Å²) in [7, 11) is 0. The summed E-state index contributed by atoms with van der Waals surface area (Å²) < 4.78 is 0. The van der Waals surface area contributed by atoms with Crippen molar-refractivity contribution in [2.75, 3.05) is 44.2 Å². The van der Waals surface area contributed by atoms with Crippen molar-refractivity contribution in [3.05, 3.63) is 64.3 Å². The van der Waals surface area contributed by atoms with Gasteiger partial charge in [0.05, 0.1) is 15.7 Å². The van der Waals surface area contributed by atoms with E-state index in [0.717, 1.165) is 62.2 Å². The average molecular weight is 445 g/mol. The first-order valence-electron chi connectivity index (χ1n) is 10.4. The lowest BCUT2D eigenvalue weighted by Gasteiger charge is -2.36. The standard InChI is InChI=1S/C23H26Cl2N4O/c24-19-4-3-5-21(22(19)25)29-14-12-28(13-15-29)11-2-1-9-27-23(30)18-6-7-20-17(16-18)8-10-26-20/h3-8,10,16,26H,1-2,9,11-15H2,(H,27,30). The van der Waals surface area contributed by atoms with E-state index in [0.29, 0.717) is 22.2 Å². The second-order valence-electron chi connectivity index (χ2n) is 7.64. The Labute approximate surface area is 186 Å². The molecule has 1 saturated heterocycles. The highest BCUT2D eigenvalue weighted by Crippen LogP contribution is 2.32. The van der Waals surface area contributed by atoms with Gasteiger partial charge in [-0.05, 0) is 55.8 Å². The summed E-state index contributed by atoms with van der Waals surface area (Å²) in [5.41, 5.74) is 2.77. The number of hydrogen-bond acceptors (Lipinski definition) is 3. The number of benzene rings is 2. The Kier molecular flexibility index (Phi) is 6.82. The third kappa shape index (κ3) is 4.91. The normalized spacial score (nSPS) is 14.9. The van der Waals surface area contributed by atoms with Gasteiger partial charge in [0.1, 0.15) is 0 Å². The van der Waals surface area contributed by atoms with Gasteiger partial charge in [0.25, 0.3) is 5.91 Å². The van der Waals surface area contributed by atoms with Gasteiger partial charge in [-0.1, -0.05) is 29.3 Å². The van der Waals surface area contributed by atoms with E-state index in [1.165, 1.54) is 0 Å². The molecule has 158 valence electrons. The zero-order valence-electron chi connectivity index (χ0n) is 16.8. The maximum absolute atomic E-state index is 12.3. The van der Waals surface area contributed by atoms with Crippen LogP contribution < -0.4 is 10.2 Å². The molecule has 7 heteroatoms. The Morgan fingerprint density at radius 2 is 1.87 bits per heavy atom. The van der Waals surface area contributed by atoms with Crippen LogP contribution in [0.25, 0.3) is 10.9 Å². The molecule has 3 aromatic rings. The van der Waals surface area contributed by atoms with E-state index in [4.69, 9.17) is 23.2 Å². The maximum atomic E-state index is 12.3. The van der Waals surface area contributed by atoms with Crippen LogP contribution in [-0.2, 0) is 0 Å². The Morgan fingerprint density at radius 1 is 1.03 bits per heavy atom. The number of piperazine rings is 1. The number of carbonyl (C=O) groups excluding carboxylic acids is 1. The number of aromatic nitrogens is 1. The summed E-state index contributed by atoms with van der Waals surface area (Å²) in [6, 6.07) is 13.5. The number of nitrogens with one attached hydrogen (secondary N) is 2. The fourth-order valence-corrected chi connectivity index (χ4v) is 4.32. The van der Waals surface area contributed by atoms with E-state index >= 15 is 0 Å². The molecule has 0 radical (unpaired) electrons. The van der Waals surface area contributed by atoms with E-state index < -0.39 is 0 Å². The van der Waals surface area contributed by atoms with Gasteiger partial charge in [-0.15, -0.1) is 0 Å². The van der Waals surface area contributed by atoms with E-state index in [1.807, 2.05) is 48.7 Å². The maximum Gasteiger partial charge on any atom is 0.251 e. The molecule has 0 aliphatic carbocycles. The van der Waals surface area contributed by atoms with Crippen molar-refractivity contribution in [1.82, 2.24) is 15.2 Å². The minimum atomic E-state index is -0.00915. The van der Waals surface area contributed by atoms with Gasteiger partial charge in [0, 0.05) is 55.4 Å². The second kappa shape index (κ2) is 9.73. The van der Waals surface area contributed by atoms with Crippen LogP contribution in [0.3, 0.4) is 0 Å². The number of unbranched alkanes of at least 4 members (excludes halogenated alkanes) is 1. The number of nitrogens with zero attached hydrogens (tertiary/aromatic N) is 2. The first-order valence-corrected chi connectivity index (χ1v) is 11.1. The van der Waals surface area contributed by atoms with Crippen molar-refractivity contribution in [3.8, 4) is 0 Å². The van der Waals surface area contributed by atoms with E-state index in [-0.39, 0.29) is 5.91 Å². The molecule has 4 rings (SSSR count). The highest BCUT2D eigenvalue weighted by Gasteiger charge is 2.19. The summed E-state index contributed by atoms with van der Waals surface area (Å²) in [6.07, 6.45) is 3.92. The Hall–Kier alpha value is -2.21. The zero-order chi connectivity index (χ0) is 20.9. The van der Waals surface area contributed by atoms with Crippen LogP contribution >= 0.6 is 23.2 Å². The number of halogens is 2. The summed E-state index contributed by atoms with van der Waals surface area (Å²) in [6.45, 7) is 5.64. The van der Waals surface area contributed by atoms with Crippen LogP contribution in [0.1, 0.15) is 23.2 Å². The lowest BCUT2D eigenvalue weighted by atomic mass is 10.1. The molecule has 0 atom stereocenters. The predicted molar refractivity (Wildman–Crippen MR) is 125 cm³/mol. The molecule has 2 aromatic carbocycles. The van der Waals surface area contributed by atoms with Gasteiger partial charge < -0.3 is 15.2 Å². The molecule has 2 N–H and O–H groups in total. The molecule has 1 aliphatic heterocycles. The largest absolute Gasteiger partial charge is 0.368 e. The van der Waals surface area contributed by atoms with Gasteiger partial charge in [-0.3, -0.25) is 9.69 Å². The Balaban J connectivity index is 1.15. The molecule has 0 saturated carbocycles. The molecule has 1 amide bonds. The first kappa shape index (κ1) is 21.0. The quantitative estimate of drug-likeness (QED) is 0.514. The van der Waals surface area contributed by atoms with Crippen molar-refractivity contribution < 1.29 is 4.79 Å². The van der Waals surface area contributed by atoms with E-state index in [1.54, 1.807) is 0 Å². The SMILES string of the molecule is O=C(NCCCCN1CCN(c2cccc(Cl)c2Cl)CC1)c1ccc2[nH]ccc2c1. The van der Waals surface area contributed by atoms with Gasteiger partial charge >= 0.3 is 0 Å². The van der Waals surface area contributed by atoms with Gasteiger partial charge in [-0.25, -0.2) is 0 Å². The monoisotopic (exact) mass is 444 g/mol. The van der Waals surface area contributed by atoms with Gasteiger partial charge in [-0.2, -0.15) is 0 Å². The molecule has 1 aliphatic rings. The number of aromatic amines is 1. The third-order valence-electron chi connectivity index (χ3n) is 5.65. The lowest BCUT2D eigenvalue weighted by Crippen LogP contribution is -2.46. The summed E-state index contributed by atoms with van der Waals surface area (Å²) >= 11 is 12.5. The van der Waals surface area contributed by atoms with E-state index in [9.17, 15) is 4.79 Å². The van der Waals surface area contributed by atoms with Crippen LogP contribution in [-0.4, -0.2) is 55.1 Å². The first-order chi connectivity index (χ1) is 14.6. The number of amides is 1. The molecule has 0 bridgehead atoms. The zero-order valence-corrected chi connectivity index (χ0v) is 18.3. The molecule has 0 unspecified atom stereocenters. The van der Waals surface area contributed by atoms with Crippen molar-refractivity contribution in [2.45, 2.75) is 12.8 Å². The van der Waals surface area contributed by atoms with Crippen LogP contribution in [0.15, 0.2) is 48.7 Å². The van der Waals surface area contributed by atoms with Crippen molar-refractivity contribution in [3.63, 3.8) is 0 Å². The minimum absolute atomic E-state index is 0.00915. The number of rotatable bonds is 7. The molecule has 30 heavy (non-hydrogen) atoms. The van der Waals surface area contributed by atoms with Crippen LogP contribution in [0.4, 0.5) is 5.69 Å². The van der Waals surface area contributed by atoms with E-state index in [2.05, 4.69) is 20.1 Å². The van der Waals surface area contributed by atoms with Crippen molar-refractivity contribution in [1.29, 1.82) is 0 Å². The summed E-state index contributed by atoms with van der Waals surface area (Å²) in [5, 5.41) is 5.33. The molecule has 5 nitrogen and oxygen atoms in total. The molecule has 2 heterocycles. The predicted octanol–water partition coefficient (Wildman–Crippen LogP) is 4.81. The van der Waals surface area contributed by atoms with Crippen molar-refractivity contribution in [2.24, 2.45) is 0 Å². The fourth-order valence-electron chi connectivity index (χ4n) is 3.91. The smallest absolute Gasteiger partial charge is 0.251 e. The molecular weight excluding hydrogens is 419 g/mol. The van der Waals surface area contributed by atoms with Gasteiger partial charge in [0.15, 0.2) is 0 Å². The topological polar surface area (TPSA) is 51.4 Å². The highest BCUT2D eigenvalue weighted by molar-refractivity contribution is 6.43. The highest BCUT2D eigenvalue weighted by atomic mass is 35.5. The number of carbonyl (C=O) groups is 1. The molecule has 1 aromatic heterocycles. The minimum Gasteiger partial charge on any atom is -0.368 e. The molecule has 1 fully saturated rings. The lowest BCUT2D eigenvalue weighted by molar-refractivity contribution is 0.0952. The summed E-state index contributed by atoms with van der Waals surface area (Å²) in [4.78, 5) is 20.2. The third-order valence-corrected chi connectivity index (χ3v) is 6.46. The molecule has 0 spiro atoms. The van der Waals surface area contributed by atoms with Crippen LogP contribution in [0.5, 0.6) is 0 Å². The average Bonchev–Trinajstić information content (AvgIpc) is 3.24. The van der Waals surface area contributed by atoms with Crippen LogP contribution in [0.2, 0.25) is 10.0 Å².